The van der Waals surface area contributed by atoms with Gasteiger partial charge in [0.1, 0.15) is 0 Å². The van der Waals surface area contributed by atoms with Gasteiger partial charge in [0.05, 0.1) is 6.20 Å². The first kappa shape index (κ1) is 23.6. The van der Waals surface area contributed by atoms with Gasteiger partial charge in [-0.1, -0.05) is 59.2 Å². The molecule has 0 saturated carbocycles. The fraction of sp³-hybridized carbons (Fsp3) is 0. The van der Waals surface area contributed by atoms with Gasteiger partial charge >= 0.3 is 21.1 Å². The Morgan fingerprint density at radius 3 is 1.95 bits per heavy atom. The van der Waals surface area contributed by atoms with E-state index in [-0.39, 0.29) is 21.1 Å². The molecule has 0 aliphatic heterocycles. The van der Waals surface area contributed by atoms with Crippen LogP contribution in [0.15, 0.2) is 121 Å². The molecule has 0 aliphatic carbocycles. The second-order valence-corrected chi connectivity index (χ2v) is 9.37. The van der Waals surface area contributed by atoms with Crippen LogP contribution in [0.2, 0.25) is 0 Å². The molecule has 3 aromatic heterocycles. The predicted octanol–water partition coefficient (Wildman–Crippen LogP) is 7.36. The van der Waals surface area contributed by atoms with Gasteiger partial charge in [0.2, 0.25) is 0 Å². The average molecular weight is 678 g/mol. The zero-order valence-corrected chi connectivity index (χ0v) is 23.0. The molecule has 0 unspecified atom stereocenters. The van der Waals surface area contributed by atoms with Crippen LogP contribution in [0, 0.1) is 24.4 Å². The summed E-state index contributed by atoms with van der Waals surface area (Å²) in [5.41, 5.74) is 7.20. The monoisotopic (exact) mass is 677 g/mol. The molecule has 0 spiro atoms. The van der Waals surface area contributed by atoms with Gasteiger partial charge in [0.15, 0.2) is 6.20 Å². The van der Waals surface area contributed by atoms with Gasteiger partial charge in [-0.3, -0.25) is 0 Å². The number of rotatable bonds is 3. The summed E-state index contributed by atoms with van der Waals surface area (Å²) in [7, 11) is 0. The maximum absolute atomic E-state index is 3.80. The number of pyridine rings is 1. The van der Waals surface area contributed by atoms with E-state index in [1.807, 2.05) is 41.1 Å². The van der Waals surface area contributed by atoms with Gasteiger partial charge in [0, 0.05) is 22.4 Å². The molecular weight excluding hydrogens is 657 g/mol. The molecule has 184 valence electrons. The zero-order valence-electron chi connectivity index (χ0n) is 20.7. The molecule has 4 heteroatoms. The third kappa shape index (κ3) is 3.65. The normalized spacial score (nSPS) is 11.4. The number of hydrogen-bond donors (Lipinski definition) is 0. The Bertz CT molecular complexity index is 2080. The van der Waals surface area contributed by atoms with Crippen LogP contribution in [-0.2, 0) is 21.1 Å². The topological polar surface area (TPSA) is 13.7 Å². The van der Waals surface area contributed by atoms with Crippen LogP contribution in [-0.4, -0.2) is 9.13 Å². The first-order valence-electron chi connectivity index (χ1n) is 12.6. The summed E-state index contributed by atoms with van der Waals surface area (Å²) in [5.74, 6) is 0. The molecule has 0 atom stereocenters. The van der Waals surface area contributed by atoms with Gasteiger partial charge in [-0.25, -0.2) is 0 Å². The molecule has 3 nitrogen and oxygen atoms in total. The van der Waals surface area contributed by atoms with Gasteiger partial charge in [-0.15, -0.1) is 35.0 Å². The van der Waals surface area contributed by atoms with Crippen molar-refractivity contribution in [3.8, 4) is 17.1 Å². The number of para-hydroxylation sites is 4. The summed E-state index contributed by atoms with van der Waals surface area (Å²) in [6.45, 7) is 0. The van der Waals surface area contributed by atoms with Crippen LogP contribution >= 0.6 is 0 Å². The molecule has 0 amide bonds. The molecule has 3 heterocycles. The third-order valence-corrected chi connectivity index (χ3v) is 7.22. The van der Waals surface area contributed by atoms with E-state index < -0.39 is 0 Å². The summed E-state index contributed by atoms with van der Waals surface area (Å²) in [6, 6.07) is 50.3. The Morgan fingerprint density at radius 2 is 1.18 bits per heavy atom. The van der Waals surface area contributed by atoms with Crippen molar-refractivity contribution < 1.29 is 25.6 Å². The minimum absolute atomic E-state index is 0. The van der Waals surface area contributed by atoms with Crippen molar-refractivity contribution >= 4 is 43.6 Å². The number of nitrogens with zero attached hydrogens (tertiary/aromatic N) is 3. The summed E-state index contributed by atoms with van der Waals surface area (Å²) in [6.07, 6.45) is 5.58. The van der Waals surface area contributed by atoms with Crippen molar-refractivity contribution in [3.05, 3.63) is 146 Å². The third-order valence-electron chi connectivity index (χ3n) is 7.22. The van der Waals surface area contributed by atoms with Crippen LogP contribution in [0.5, 0.6) is 0 Å². The minimum Gasteiger partial charge on any atom is -0.358 e. The van der Waals surface area contributed by atoms with Crippen LogP contribution in [0.4, 0.5) is 0 Å². The second kappa shape index (κ2) is 9.38. The first-order valence-corrected chi connectivity index (χ1v) is 12.6. The molecule has 8 rings (SSSR count). The van der Waals surface area contributed by atoms with E-state index in [4.69, 9.17) is 0 Å². The number of aromatic nitrogens is 3. The number of benzene rings is 5. The van der Waals surface area contributed by atoms with Gasteiger partial charge in [-0.2, -0.15) is 54.6 Å². The van der Waals surface area contributed by atoms with Crippen molar-refractivity contribution in [2.24, 2.45) is 0 Å². The Kier molecular flexibility index (Phi) is 5.68. The average Bonchev–Trinajstić information content (AvgIpc) is 3.50. The van der Waals surface area contributed by atoms with E-state index in [0.717, 1.165) is 44.5 Å². The van der Waals surface area contributed by atoms with Crippen molar-refractivity contribution in [3.63, 3.8) is 0 Å². The SMILES string of the molecule is [Pt+4].[c-]1ccccc1-[n+]1[c-]c(-n2c3[c-]c(-n4c5[c-]cccc5c5ccccc54)ccc3c3ccccc32)ccc1. The van der Waals surface area contributed by atoms with E-state index in [2.05, 4.69) is 118 Å². The molecule has 0 N–H and O–H groups in total. The summed E-state index contributed by atoms with van der Waals surface area (Å²) >= 11 is 0. The number of fused-ring (bicyclic) bond motifs is 6. The number of hydrogen-bond acceptors (Lipinski definition) is 0. The molecule has 8 aromatic rings. The minimum atomic E-state index is 0. The van der Waals surface area contributed by atoms with Gasteiger partial charge in [0.25, 0.3) is 0 Å². The van der Waals surface area contributed by atoms with Crippen molar-refractivity contribution in [1.29, 1.82) is 0 Å². The van der Waals surface area contributed by atoms with E-state index in [9.17, 15) is 0 Å². The Morgan fingerprint density at radius 1 is 0.513 bits per heavy atom. The Balaban J connectivity index is 0.00000253. The van der Waals surface area contributed by atoms with E-state index in [1.54, 1.807) is 0 Å². The largest absolute Gasteiger partial charge is 4.00 e. The standard InChI is InChI=1S/C35H20N3.Pt/c1-2-11-25(12-3-1)36-22-10-13-27(24-36)38-34-19-9-6-16-30(34)31-21-20-26(23-35(31)38)37-32-17-7-4-14-28(32)29-15-5-8-18-33(29)37;/h1-11,13-17,19-22H;/q-3;+4. The van der Waals surface area contributed by atoms with Crippen LogP contribution in [0.1, 0.15) is 0 Å². The summed E-state index contributed by atoms with van der Waals surface area (Å²) < 4.78 is 6.51. The van der Waals surface area contributed by atoms with Gasteiger partial charge < -0.3 is 13.7 Å². The maximum atomic E-state index is 3.80. The molecule has 0 aliphatic rings. The van der Waals surface area contributed by atoms with E-state index in [0.29, 0.717) is 0 Å². The maximum Gasteiger partial charge on any atom is 4.00 e. The quantitative estimate of drug-likeness (QED) is 0.137. The Labute approximate surface area is 240 Å². The van der Waals surface area contributed by atoms with Gasteiger partial charge in [-0.05, 0) is 22.9 Å². The summed E-state index contributed by atoms with van der Waals surface area (Å²) in [4.78, 5) is 0. The second-order valence-electron chi connectivity index (χ2n) is 9.37. The molecule has 0 radical (unpaired) electrons. The molecule has 39 heavy (non-hydrogen) atoms. The molecule has 0 fully saturated rings. The van der Waals surface area contributed by atoms with Crippen LogP contribution in [0.25, 0.3) is 60.7 Å². The molecular formula is C35H20N3Pt+. The molecule has 5 aromatic carbocycles. The van der Waals surface area contributed by atoms with E-state index in [1.165, 1.54) is 16.2 Å². The van der Waals surface area contributed by atoms with Crippen molar-refractivity contribution in [2.75, 3.05) is 0 Å². The zero-order chi connectivity index (χ0) is 25.1. The van der Waals surface area contributed by atoms with Crippen molar-refractivity contribution in [2.45, 2.75) is 0 Å². The van der Waals surface area contributed by atoms with Crippen LogP contribution in [0.3, 0.4) is 0 Å². The van der Waals surface area contributed by atoms with Crippen LogP contribution < -0.4 is 4.57 Å². The predicted molar refractivity (Wildman–Crippen MR) is 152 cm³/mol. The van der Waals surface area contributed by atoms with Crippen molar-refractivity contribution in [1.82, 2.24) is 9.13 Å². The molecule has 0 saturated heterocycles. The molecule has 0 bridgehead atoms. The fourth-order valence-corrected chi connectivity index (χ4v) is 5.58. The first-order chi connectivity index (χ1) is 18.9. The fourth-order valence-electron chi connectivity index (χ4n) is 5.58. The summed E-state index contributed by atoms with van der Waals surface area (Å²) in [5, 5.41) is 4.75. The Hall–Kier alpha value is -4.46. The van der Waals surface area contributed by atoms with E-state index >= 15 is 0 Å². The smallest absolute Gasteiger partial charge is 0.358 e.